The third-order valence-electron chi connectivity index (χ3n) is 3.06. The van der Waals surface area contributed by atoms with E-state index in [1.54, 1.807) is 11.3 Å². The molecule has 0 unspecified atom stereocenters. The first-order valence-electron chi connectivity index (χ1n) is 7.08. The zero-order valence-electron chi connectivity index (χ0n) is 12.2. The number of nitrogens with one attached hydrogen (secondary N) is 1. The zero-order chi connectivity index (χ0) is 14.5. The van der Waals surface area contributed by atoms with E-state index in [4.69, 9.17) is 4.98 Å². The maximum absolute atomic E-state index is 4.86. The molecule has 4 heteroatoms. The van der Waals surface area contributed by atoms with Crippen LogP contribution in [0.2, 0.25) is 0 Å². The molecular formula is C16H21BrN2S. The van der Waals surface area contributed by atoms with Crippen molar-refractivity contribution in [3.05, 3.63) is 39.3 Å². The van der Waals surface area contributed by atoms with E-state index in [-0.39, 0.29) is 0 Å². The molecule has 108 valence electrons. The van der Waals surface area contributed by atoms with Crippen molar-refractivity contribution in [1.82, 2.24) is 10.3 Å². The van der Waals surface area contributed by atoms with Gasteiger partial charge in [-0.25, -0.2) is 4.98 Å². The van der Waals surface area contributed by atoms with Crippen LogP contribution in [0.5, 0.6) is 0 Å². The van der Waals surface area contributed by atoms with Crippen LogP contribution in [-0.4, -0.2) is 11.5 Å². The van der Waals surface area contributed by atoms with Gasteiger partial charge >= 0.3 is 0 Å². The normalized spacial score (nSPS) is 11.2. The van der Waals surface area contributed by atoms with Crippen LogP contribution < -0.4 is 5.32 Å². The summed E-state index contributed by atoms with van der Waals surface area (Å²) in [6.45, 7) is 8.59. The summed E-state index contributed by atoms with van der Waals surface area (Å²) in [7, 11) is 0. The van der Waals surface area contributed by atoms with Crippen LogP contribution in [0.15, 0.2) is 28.7 Å². The smallest absolute Gasteiger partial charge is 0.123 e. The average Bonchev–Trinajstić information content (AvgIpc) is 2.83. The largest absolute Gasteiger partial charge is 0.312 e. The lowest BCUT2D eigenvalue weighted by Crippen LogP contribution is -2.14. The number of aromatic nitrogens is 1. The molecule has 1 N–H and O–H groups in total. The Balaban J connectivity index is 2.28. The molecular weight excluding hydrogens is 332 g/mol. The Labute approximate surface area is 133 Å². The molecule has 0 aliphatic heterocycles. The minimum Gasteiger partial charge on any atom is -0.312 e. The highest BCUT2D eigenvalue weighted by Gasteiger charge is 2.15. The number of hydrogen-bond acceptors (Lipinski definition) is 3. The highest BCUT2D eigenvalue weighted by atomic mass is 79.9. The third kappa shape index (κ3) is 3.90. The van der Waals surface area contributed by atoms with Gasteiger partial charge in [0.1, 0.15) is 5.01 Å². The van der Waals surface area contributed by atoms with E-state index in [2.05, 4.69) is 60.2 Å². The first kappa shape index (κ1) is 15.7. The molecule has 2 nitrogen and oxygen atoms in total. The zero-order valence-corrected chi connectivity index (χ0v) is 14.6. The van der Waals surface area contributed by atoms with Crippen molar-refractivity contribution in [3.63, 3.8) is 0 Å². The Kier molecular flexibility index (Phi) is 5.75. The number of nitrogens with zero attached hydrogens (tertiary/aromatic N) is 1. The lowest BCUT2D eigenvalue weighted by atomic mass is 10.1. The van der Waals surface area contributed by atoms with Crippen LogP contribution in [0.4, 0.5) is 0 Å². The summed E-state index contributed by atoms with van der Waals surface area (Å²) >= 11 is 5.34. The third-order valence-corrected chi connectivity index (χ3v) is 4.67. The Morgan fingerprint density at radius 2 is 2.15 bits per heavy atom. The van der Waals surface area contributed by atoms with Crippen LogP contribution in [0.1, 0.15) is 43.7 Å². The standard InChI is InChI=1S/C16H21BrN2S/c1-4-8-18-10-14-15(11(2)3)19-16(20-14)12-6-5-7-13(17)9-12/h5-7,9,11,18H,4,8,10H2,1-3H3. The molecule has 0 aliphatic carbocycles. The molecule has 1 aromatic carbocycles. The summed E-state index contributed by atoms with van der Waals surface area (Å²) < 4.78 is 1.10. The monoisotopic (exact) mass is 352 g/mol. The van der Waals surface area contributed by atoms with Gasteiger partial charge in [-0.1, -0.05) is 48.8 Å². The van der Waals surface area contributed by atoms with Gasteiger partial charge in [-0.05, 0) is 31.0 Å². The second kappa shape index (κ2) is 7.34. The predicted molar refractivity (Wildman–Crippen MR) is 91.3 cm³/mol. The van der Waals surface area contributed by atoms with Crippen LogP contribution >= 0.6 is 27.3 Å². The summed E-state index contributed by atoms with van der Waals surface area (Å²) in [6.07, 6.45) is 1.16. The molecule has 0 bridgehead atoms. The number of halogens is 1. The lowest BCUT2D eigenvalue weighted by Gasteiger charge is -2.05. The van der Waals surface area contributed by atoms with Crippen molar-refractivity contribution in [2.75, 3.05) is 6.54 Å². The van der Waals surface area contributed by atoms with Gasteiger partial charge in [0, 0.05) is 21.5 Å². The molecule has 1 heterocycles. The highest BCUT2D eigenvalue weighted by Crippen LogP contribution is 2.32. The molecule has 2 aromatic rings. The van der Waals surface area contributed by atoms with Crippen molar-refractivity contribution in [2.45, 2.75) is 39.7 Å². The van der Waals surface area contributed by atoms with Crippen molar-refractivity contribution in [1.29, 1.82) is 0 Å². The van der Waals surface area contributed by atoms with Gasteiger partial charge in [0.2, 0.25) is 0 Å². The van der Waals surface area contributed by atoms with E-state index < -0.39 is 0 Å². The molecule has 20 heavy (non-hydrogen) atoms. The second-order valence-electron chi connectivity index (χ2n) is 5.17. The number of rotatable bonds is 6. The quantitative estimate of drug-likeness (QED) is 0.723. The van der Waals surface area contributed by atoms with E-state index in [9.17, 15) is 0 Å². The Hall–Kier alpha value is -0.710. The Morgan fingerprint density at radius 3 is 2.80 bits per heavy atom. The maximum Gasteiger partial charge on any atom is 0.123 e. The summed E-state index contributed by atoms with van der Waals surface area (Å²) in [5.41, 5.74) is 2.42. The molecule has 0 aliphatic rings. The molecule has 0 atom stereocenters. The fraction of sp³-hybridized carbons (Fsp3) is 0.438. The van der Waals surface area contributed by atoms with Crippen molar-refractivity contribution in [3.8, 4) is 10.6 Å². The van der Waals surface area contributed by atoms with Crippen LogP contribution in [0.25, 0.3) is 10.6 Å². The molecule has 0 saturated heterocycles. The van der Waals surface area contributed by atoms with Gasteiger partial charge < -0.3 is 5.32 Å². The van der Waals surface area contributed by atoms with Gasteiger partial charge in [-0.3, -0.25) is 0 Å². The van der Waals surface area contributed by atoms with E-state index in [1.807, 2.05) is 6.07 Å². The fourth-order valence-electron chi connectivity index (χ4n) is 2.06. The molecule has 0 amide bonds. The number of benzene rings is 1. The van der Waals surface area contributed by atoms with Crippen molar-refractivity contribution in [2.24, 2.45) is 0 Å². The van der Waals surface area contributed by atoms with Gasteiger partial charge in [0.15, 0.2) is 0 Å². The van der Waals surface area contributed by atoms with E-state index in [1.165, 1.54) is 16.1 Å². The highest BCUT2D eigenvalue weighted by molar-refractivity contribution is 9.10. The van der Waals surface area contributed by atoms with Crippen LogP contribution in [0.3, 0.4) is 0 Å². The molecule has 0 fully saturated rings. The summed E-state index contributed by atoms with van der Waals surface area (Å²) in [5.74, 6) is 0.463. The van der Waals surface area contributed by atoms with Crippen molar-refractivity contribution >= 4 is 27.3 Å². The number of hydrogen-bond donors (Lipinski definition) is 1. The van der Waals surface area contributed by atoms with Crippen molar-refractivity contribution < 1.29 is 0 Å². The lowest BCUT2D eigenvalue weighted by molar-refractivity contribution is 0.670. The number of thiazole rings is 1. The van der Waals surface area contributed by atoms with E-state index in [0.717, 1.165) is 29.0 Å². The summed E-state index contributed by atoms with van der Waals surface area (Å²) in [6, 6.07) is 8.36. The Morgan fingerprint density at radius 1 is 1.35 bits per heavy atom. The molecule has 1 aromatic heterocycles. The van der Waals surface area contributed by atoms with Crippen LogP contribution in [-0.2, 0) is 6.54 Å². The molecule has 0 saturated carbocycles. The second-order valence-corrected chi connectivity index (χ2v) is 7.17. The van der Waals surface area contributed by atoms with E-state index in [0.29, 0.717) is 5.92 Å². The van der Waals surface area contributed by atoms with E-state index >= 15 is 0 Å². The Bertz CT molecular complexity index is 563. The minimum atomic E-state index is 0.463. The minimum absolute atomic E-state index is 0.463. The maximum atomic E-state index is 4.86. The van der Waals surface area contributed by atoms with Gasteiger partial charge in [0.25, 0.3) is 0 Å². The first-order valence-corrected chi connectivity index (χ1v) is 8.69. The van der Waals surface area contributed by atoms with Gasteiger partial charge in [0.05, 0.1) is 5.69 Å². The molecule has 0 radical (unpaired) electrons. The van der Waals surface area contributed by atoms with Gasteiger partial charge in [-0.15, -0.1) is 11.3 Å². The topological polar surface area (TPSA) is 24.9 Å². The molecule has 0 spiro atoms. The summed E-state index contributed by atoms with van der Waals surface area (Å²) in [4.78, 5) is 6.22. The first-order chi connectivity index (χ1) is 9.61. The predicted octanol–water partition coefficient (Wildman–Crippen LogP) is 5.20. The summed E-state index contributed by atoms with van der Waals surface area (Å²) in [5, 5.41) is 4.60. The van der Waals surface area contributed by atoms with Crippen LogP contribution in [0, 0.1) is 0 Å². The fourth-order valence-corrected chi connectivity index (χ4v) is 3.65. The average molecular weight is 353 g/mol. The SMILES string of the molecule is CCCNCc1sc(-c2cccc(Br)c2)nc1C(C)C. The molecule has 2 rings (SSSR count). The van der Waals surface area contributed by atoms with Gasteiger partial charge in [-0.2, -0.15) is 0 Å².